The molecule has 1 saturated heterocycles. The normalized spacial score (nSPS) is 26.2. The van der Waals surface area contributed by atoms with Gasteiger partial charge in [-0.1, -0.05) is 0 Å². The smallest absolute Gasteiger partial charge is 0.471 e. The van der Waals surface area contributed by atoms with E-state index in [0.29, 0.717) is 12.8 Å². The molecule has 2 rings (SSSR count). The van der Waals surface area contributed by atoms with Crippen LogP contribution in [0.3, 0.4) is 0 Å². The summed E-state index contributed by atoms with van der Waals surface area (Å²) in [6, 6.07) is 0. The van der Waals surface area contributed by atoms with Crippen LogP contribution in [0.1, 0.15) is 19.3 Å². The van der Waals surface area contributed by atoms with Gasteiger partial charge in [-0.05, 0) is 12.8 Å². The summed E-state index contributed by atoms with van der Waals surface area (Å²) >= 11 is 0. The van der Waals surface area contributed by atoms with E-state index in [4.69, 9.17) is 9.84 Å². The van der Waals surface area contributed by atoms with E-state index in [2.05, 4.69) is 0 Å². The van der Waals surface area contributed by atoms with E-state index in [1.165, 1.54) is 0 Å². The highest BCUT2D eigenvalue weighted by molar-refractivity contribution is 5.83. The summed E-state index contributed by atoms with van der Waals surface area (Å²) in [4.78, 5) is 22.6. The zero-order valence-corrected chi connectivity index (χ0v) is 9.37. The summed E-state index contributed by atoms with van der Waals surface area (Å²) in [6.45, 7) is -0.336. The number of carboxylic acids is 1. The molecule has 8 heteroatoms. The minimum absolute atomic E-state index is 0.0211. The SMILES string of the molecule is O=C(O)CC1CN(C(=O)C(F)(F)F)C2(CC2)CO1. The Balaban J connectivity index is 2.10. The van der Waals surface area contributed by atoms with Crippen LogP contribution in [0.25, 0.3) is 0 Å². The Morgan fingerprint density at radius 1 is 1.39 bits per heavy atom. The molecule has 2 aliphatic rings. The Morgan fingerprint density at radius 3 is 2.44 bits per heavy atom. The zero-order valence-electron chi connectivity index (χ0n) is 9.37. The molecule has 102 valence electrons. The van der Waals surface area contributed by atoms with Crippen LogP contribution >= 0.6 is 0 Å². The second-order valence-electron chi connectivity index (χ2n) is 4.67. The maximum Gasteiger partial charge on any atom is 0.471 e. The van der Waals surface area contributed by atoms with Gasteiger partial charge in [0.1, 0.15) is 0 Å². The number of amides is 1. The van der Waals surface area contributed by atoms with Crippen molar-refractivity contribution in [3.05, 3.63) is 0 Å². The van der Waals surface area contributed by atoms with Gasteiger partial charge >= 0.3 is 18.1 Å². The first-order chi connectivity index (χ1) is 8.24. The molecular weight excluding hydrogens is 255 g/mol. The number of alkyl halides is 3. The molecule has 1 unspecified atom stereocenters. The molecule has 1 saturated carbocycles. The van der Waals surface area contributed by atoms with Crippen molar-refractivity contribution in [2.75, 3.05) is 13.2 Å². The number of carbonyl (C=O) groups is 2. The molecule has 0 aromatic carbocycles. The third-order valence-electron chi connectivity index (χ3n) is 3.26. The number of hydrogen-bond acceptors (Lipinski definition) is 3. The number of nitrogens with zero attached hydrogens (tertiary/aromatic N) is 1. The lowest BCUT2D eigenvalue weighted by Gasteiger charge is -2.40. The van der Waals surface area contributed by atoms with Gasteiger partial charge in [0.2, 0.25) is 0 Å². The van der Waals surface area contributed by atoms with Crippen LogP contribution in [0.4, 0.5) is 13.2 Å². The molecule has 0 aromatic rings. The number of halogens is 3. The Bertz CT molecular complexity index is 378. The fraction of sp³-hybridized carbons (Fsp3) is 0.800. The first kappa shape index (κ1) is 13.1. The molecule has 2 fully saturated rings. The van der Waals surface area contributed by atoms with Gasteiger partial charge in [0.15, 0.2) is 0 Å². The van der Waals surface area contributed by atoms with Crippen molar-refractivity contribution in [3.8, 4) is 0 Å². The number of rotatable bonds is 2. The summed E-state index contributed by atoms with van der Waals surface area (Å²) in [7, 11) is 0. The molecule has 0 aromatic heterocycles. The van der Waals surface area contributed by atoms with Crippen LogP contribution in [0.15, 0.2) is 0 Å². The van der Waals surface area contributed by atoms with Gasteiger partial charge in [0.05, 0.1) is 24.7 Å². The van der Waals surface area contributed by atoms with Crippen molar-refractivity contribution in [2.24, 2.45) is 0 Å². The lowest BCUT2D eigenvalue weighted by molar-refractivity contribution is -0.198. The maximum absolute atomic E-state index is 12.4. The summed E-state index contributed by atoms with van der Waals surface area (Å²) < 4.78 is 42.6. The first-order valence-electron chi connectivity index (χ1n) is 5.47. The standard InChI is InChI=1S/C10H12F3NO4/c11-10(12,13)8(17)14-4-6(3-7(15)16)18-5-9(14)1-2-9/h6H,1-5H2,(H,15,16). The minimum atomic E-state index is -4.93. The van der Waals surface area contributed by atoms with Crippen LogP contribution in [-0.4, -0.2) is 52.9 Å². The predicted molar refractivity (Wildman–Crippen MR) is 51.7 cm³/mol. The van der Waals surface area contributed by atoms with E-state index in [-0.39, 0.29) is 13.2 Å². The molecule has 1 atom stereocenters. The Morgan fingerprint density at radius 2 is 2.00 bits per heavy atom. The first-order valence-corrected chi connectivity index (χ1v) is 5.47. The Labute approximate surface area is 100 Å². The quantitative estimate of drug-likeness (QED) is 0.803. The van der Waals surface area contributed by atoms with E-state index in [0.717, 1.165) is 4.90 Å². The Hall–Kier alpha value is -1.31. The monoisotopic (exact) mass is 267 g/mol. The summed E-state index contributed by atoms with van der Waals surface area (Å²) in [5.74, 6) is -3.06. The van der Waals surface area contributed by atoms with Crippen LogP contribution in [0.2, 0.25) is 0 Å². The lowest BCUT2D eigenvalue weighted by Crippen LogP contribution is -2.57. The largest absolute Gasteiger partial charge is 0.481 e. The molecule has 0 bridgehead atoms. The molecule has 5 nitrogen and oxygen atoms in total. The molecular formula is C10H12F3NO4. The average Bonchev–Trinajstić information content (AvgIpc) is 2.99. The van der Waals surface area contributed by atoms with Gasteiger partial charge in [-0.3, -0.25) is 9.59 Å². The van der Waals surface area contributed by atoms with Gasteiger partial charge < -0.3 is 14.7 Å². The number of morpholine rings is 1. The highest BCUT2D eigenvalue weighted by atomic mass is 19.4. The average molecular weight is 267 g/mol. The van der Waals surface area contributed by atoms with E-state index in [1.54, 1.807) is 0 Å². The molecule has 1 aliphatic carbocycles. The zero-order chi connectivity index (χ0) is 13.6. The summed E-state index contributed by atoms with van der Waals surface area (Å²) in [5.41, 5.74) is -0.860. The topological polar surface area (TPSA) is 66.8 Å². The van der Waals surface area contributed by atoms with Crippen molar-refractivity contribution >= 4 is 11.9 Å². The van der Waals surface area contributed by atoms with Crippen LogP contribution in [0, 0.1) is 0 Å². The van der Waals surface area contributed by atoms with Crippen molar-refractivity contribution in [3.63, 3.8) is 0 Å². The van der Waals surface area contributed by atoms with E-state index < -0.39 is 36.1 Å². The number of ether oxygens (including phenoxy) is 1. The summed E-state index contributed by atoms with van der Waals surface area (Å²) in [5, 5.41) is 8.59. The molecule has 1 N–H and O–H groups in total. The lowest BCUT2D eigenvalue weighted by atomic mass is 10.1. The van der Waals surface area contributed by atoms with Gasteiger partial charge in [0, 0.05) is 6.54 Å². The van der Waals surface area contributed by atoms with Crippen molar-refractivity contribution < 1.29 is 32.6 Å². The molecule has 18 heavy (non-hydrogen) atoms. The second kappa shape index (κ2) is 4.11. The van der Waals surface area contributed by atoms with Crippen LogP contribution in [-0.2, 0) is 14.3 Å². The van der Waals surface area contributed by atoms with Gasteiger partial charge in [-0.25, -0.2) is 0 Å². The predicted octanol–water partition coefficient (Wildman–Crippen LogP) is 0.783. The molecule has 1 spiro atoms. The number of aliphatic carboxylic acids is 1. The molecule has 0 radical (unpaired) electrons. The van der Waals surface area contributed by atoms with Crippen molar-refractivity contribution in [2.45, 2.75) is 37.1 Å². The Kier molecular flexibility index (Phi) is 3.00. The van der Waals surface area contributed by atoms with Crippen molar-refractivity contribution in [1.82, 2.24) is 4.90 Å². The minimum Gasteiger partial charge on any atom is -0.481 e. The summed E-state index contributed by atoms with van der Waals surface area (Å²) in [6.07, 6.45) is -5.28. The number of carbonyl (C=O) groups excluding carboxylic acids is 1. The highest BCUT2D eigenvalue weighted by Crippen LogP contribution is 2.46. The molecule has 1 amide bonds. The third-order valence-corrected chi connectivity index (χ3v) is 3.26. The van der Waals surface area contributed by atoms with Crippen LogP contribution in [0.5, 0.6) is 0 Å². The van der Waals surface area contributed by atoms with Crippen molar-refractivity contribution in [1.29, 1.82) is 0 Å². The molecule has 1 aliphatic heterocycles. The molecule has 1 heterocycles. The van der Waals surface area contributed by atoms with Gasteiger partial charge in [-0.2, -0.15) is 13.2 Å². The number of hydrogen-bond donors (Lipinski definition) is 1. The second-order valence-corrected chi connectivity index (χ2v) is 4.67. The fourth-order valence-electron chi connectivity index (χ4n) is 2.13. The maximum atomic E-state index is 12.4. The fourth-order valence-corrected chi connectivity index (χ4v) is 2.13. The van der Waals surface area contributed by atoms with E-state index in [1.807, 2.05) is 0 Å². The third kappa shape index (κ3) is 2.43. The number of carboxylic acid groups (broad SMARTS) is 1. The van der Waals surface area contributed by atoms with Crippen LogP contribution < -0.4 is 0 Å². The highest BCUT2D eigenvalue weighted by Gasteiger charge is 2.58. The van der Waals surface area contributed by atoms with E-state index >= 15 is 0 Å². The van der Waals surface area contributed by atoms with E-state index in [9.17, 15) is 22.8 Å². The van der Waals surface area contributed by atoms with Gasteiger partial charge in [-0.15, -0.1) is 0 Å². The van der Waals surface area contributed by atoms with Gasteiger partial charge in [0.25, 0.3) is 0 Å².